The van der Waals surface area contributed by atoms with Crippen LogP contribution in [0.15, 0.2) is 66.0 Å². The third-order valence-corrected chi connectivity index (χ3v) is 4.60. The van der Waals surface area contributed by atoms with Gasteiger partial charge in [-0.25, -0.2) is 4.79 Å². The molecule has 1 aromatic rings. The Hall–Kier alpha value is -2.59. The first-order valence-corrected chi connectivity index (χ1v) is 9.40. The van der Waals surface area contributed by atoms with E-state index in [1.54, 1.807) is 18.2 Å². The lowest BCUT2D eigenvalue weighted by atomic mass is 9.90. The number of halogens is 1. The van der Waals surface area contributed by atoms with Gasteiger partial charge in [-0.15, -0.1) is 0 Å². The van der Waals surface area contributed by atoms with Gasteiger partial charge in [-0.1, -0.05) is 43.2 Å². The highest BCUT2D eigenvalue weighted by atomic mass is 35.5. The molecule has 140 valence electrons. The summed E-state index contributed by atoms with van der Waals surface area (Å²) >= 11 is 6.14. The summed E-state index contributed by atoms with van der Waals surface area (Å²) in [6, 6.07) is 5.22. The monoisotopic (exact) mass is 384 g/mol. The fourth-order valence-electron chi connectivity index (χ4n) is 2.93. The first kappa shape index (κ1) is 19.2. The molecule has 0 aromatic heterocycles. The number of allylic oxidation sites excluding steroid dienone is 6. The Labute approximate surface area is 163 Å². The van der Waals surface area contributed by atoms with Crippen molar-refractivity contribution in [1.82, 2.24) is 0 Å². The van der Waals surface area contributed by atoms with Crippen LogP contribution in [0, 0.1) is 0 Å². The van der Waals surface area contributed by atoms with Gasteiger partial charge in [0.2, 0.25) is 0 Å². The van der Waals surface area contributed by atoms with Gasteiger partial charge in [0.05, 0.1) is 12.5 Å². The second-order valence-corrected chi connectivity index (χ2v) is 6.81. The van der Waals surface area contributed by atoms with E-state index in [9.17, 15) is 9.59 Å². The van der Waals surface area contributed by atoms with E-state index in [0.29, 0.717) is 29.4 Å². The molecule has 0 saturated carbocycles. The summed E-state index contributed by atoms with van der Waals surface area (Å²) in [5.74, 6) is -0.00530. The van der Waals surface area contributed by atoms with Crippen LogP contribution in [-0.2, 0) is 14.3 Å². The van der Waals surface area contributed by atoms with Crippen LogP contribution in [0.2, 0.25) is 5.02 Å². The van der Waals surface area contributed by atoms with E-state index >= 15 is 0 Å². The molecular formula is C22H21ClO4. The lowest BCUT2D eigenvalue weighted by Gasteiger charge is -2.14. The zero-order valence-electron chi connectivity index (χ0n) is 15.1. The molecule has 0 N–H and O–H groups in total. The minimum Gasteiger partial charge on any atom is -0.463 e. The molecule has 27 heavy (non-hydrogen) atoms. The van der Waals surface area contributed by atoms with Crippen molar-refractivity contribution in [3.63, 3.8) is 0 Å². The van der Waals surface area contributed by atoms with E-state index in [0.717, 1.165) is 24.2 Å². The van der Waals surface area contributed by atoms with Crippen LogP contribution in [0.25, 0.3) is 0 Å². The van der Waals surface area contributed by atoms with Crippen molar-refractivity contribution >= 4 is 23.4 Å². The molecule has 1 atom stereocenters. The van der Waals surface area contributed by atoms with Gasteiger partial charge < -0.3 is 9.47 Å². The summed E-state index contributed by atoms with van der Waals surface area (Å²) in [6.07, 6.45) is 12.6. The normalized spacial score (nSPS) is 17.9. The van der Waals surface area contributed by atoms with Gasteiger partial charge in [0.1, 0.15) is 11.5 Å². The smallest absolute Gasteiger partial charge is 0.330 e. The van der Waals surface area contributed by atoms with E-state index in [1.807, 2.05) is 31.2 Å². The third kappa shape index (κ3) is 4.77. The van der Waals surface area contributed by atoms with Crippen molar-refractivity contribution in [2.75, 3.05) is 6.61 Å². The predicted molar refractivity (Wildman–Crippen MR) is 105 cm³/mol. The summed E-state index contributed by atoms with van der Waals surface area (Å²) in [5, 5.41) is 0.522. The van der Waals surface area contributed by atoms with Crippen molar-refractivity contribution in [3.8, 4) is 5.75 Å². The van der Waals surface area contributed by atoms with E-state index in [4.69, 9.17) is 21.1 Å². The number of ketones is 1. The lowest BCUT2D eigenvalue weighted by Crippen LogP contribution is -2.10. The molecular weight excluding hydrogens is 364 g/mol. The van der Waals surface area contributed by atoms with Crippen LogP contribution in [-0.4, -0.2) is 18.4 Å². The van der Waals surface area contributed by atoms with E-state index in [1.165, 1.54) is 12.2 Å². The number of ether oxygens (including phenoxy) is 2. The zero-order valence-corrected chi connectivity index (χ0v) is 15.9. The van der Waals surface area contributed by atoms with Crippen molar-refractivity contribution < 1.29 is 19.1 Å². The molecule has 3 rings (SSSR count). The van der Waals surface area contributed by atoms with Crippen LogP contribution in [0.5, 0.6) is 5.75 Å². The highest BCUT2D eigenvalue weighted by Gasteiger charge is 2.27. The number of carbonyl (C=O) groups excluding carboxylic acids is 2. The molecule has 0 fully saturated rings. The Morgan fingerprint density at radius 2 is 2.19 bits per heavy atom. The Bertz CT molecular complexity index is 861. The molecule has 2 aliphatic rings. The first-order chi connectivity index (χ1) is 13.1. The number of fused-ring (bicyclic) bond motifs is 2. The number of rotatable bonds is 6. The van der Waals surface area contributed by atoms with Gasteiger partial charge in [-0.2, -0.15) is 0 Å². The molecule has 1 aliphatic carbocycles. The first-order valence-electron chi connectivity index (χ1n) is 9.02. The summed E-state index contributed by atoms with van der Waals surface area (Å²) in [6.45, 7) is 2.37. The lowest BCUT2D eigenvalue weighted by molar-refractivity contribution is -0.138. The summed E-state index contributed by atoms with van der Waals surface area (Å²) < 4.78 is 11.1. The minimum absolute atomic E-state index is 0.224. The second kappa shape index (κ2) is 8.87. The largest absolute Gasteiger partial charge is 0.463 e. The maximum atomic E-state index is 12.9. The molecule has 1 aliphatic heterocycles. The van der Waals surface area contributed by atoms with Crippen LogP contribution < -0.4 is 4.74 Å². The van der Waals surface area contributed by atoms with E-state index in [-0.39, 0.29) is 5.78 Å². The quantitative estimate of drug-likeness (QED) is 0.391. The number of esters is 1. The molecule has 1 unspecified atom stereocenters. The van der Waals surface area contributed by atoms with Gasteiger partial charge in [0.25, 0.3) is 0 Å². The molecule has 4 nitrogen and oxygen atoms in total. The number of unbranched alkanes of at least 4 members (excludes halogenated alkanes) is 1. The van der Waals surface area contributed by atoms with Crippen LogP contribution in [0.4, 0.5) is 0 Å². The summed E-state index contributed by atoms with van der Waals surface area (Å²) in [5.41, 5.74) is 1.61. The fourth-order valence-corrected chi connectivity index (χ4v) is 3.11. The van der Waals surface area contributed by atoms with E-state index < -0.39 is 11.9 Å². The Kier molecular flexibility index (Phi) is 6.30. The number of hydrogen-bond acceptors (Lipinski definition) is 4. The van der Waals surface area contributed by atoms with Gasteiger partial charge in [0, 0.05) is 16.7 Å². The SMILES string of the molecule is CCCCOC(=O)/C=C\C(=O)C1C=C2CC=CC=C2Oc2ccc(Cl)cc21. The number of carbonyl (C=O) groups is 2. The van der Waals surface area contributed by atoms with Crippen LogP contribution >= 0.6 is 11.6 Å². The van der Waals surface area contributed by atoms with Crippen molar-refractivity contribution in [1.29, 1.82) is 0 Å². The molecule has 0 bridgehead atoms. The number of hydrogen-bond donors (Lipinski definition) is 0. The number of benzene rings is 1. The molecule has 1 heterocycles. The van der Waals surface area contributed by atoms with Crippen molar-refractivity contribution in [3.05, 3.63) is 76.6 Å². The standard InChI is InChI=1S/C22H21ClO4/c1-2-3-12-26-22(25)11-9-19(24)17-13-15-6-4-5-7-20(15)27-21-10-8-16(23)14-18(17)21/h4-5,7-11,13-14,17H,2-3,6,12H2,1H3/b11-9-. The zero-order chi connectivity index (χ0) is 19.2. The Morgan fingerprint density at radius 3 is 3.00 bits per heavy atom. The van der Waals surface area contributed by atoms with Gasteiger partial charge >= 0.3 is 5.97 Å². The molecule has 1 aromatic carbocycles. The average molecular weight is 385 g/mol. The van der Waals surface area contributed by atoms with E-state index in [2.05, 4.69) is 0 Å². The maximum Gasteiger partial charge on any atom is 0.330 e. The Morgan fingerprint density at radius 1 is 1.33 bits per heavy atom. The van der Waals surface area contributed by atoms with Crippen LogP contribution in [0.3, 0.4) is 0 Å². The molecule has 5 heteroatoms. The molecule has 0 spiro atoms. The second-order valence-electron chi connectivity index (χ2n) is 6.37. The molecule has 0 saturated heterocycles. The Balaban J connectivity index is 1.87. The topological polar surface area (TPSA) is 52.6 Å². The summed E-state index contributed by atoms with van der Waals surface area (Å²) in [4.78, 5) is 24.6. The third-order valence-electron chi connectivity index (χ3n) is 4.37. The highest BCUT2D eigenvalue weighted by Crippen LogP contribution is 2.39. The molecule has 0 radical (unpaired) electrons. The highest BCUT2D eigenvalue weighted by molar-refractivity contribution is 6.30. The van der Waals surface area contributed by atoms with Crippen molar-refractivity contribution in [2.24, 2.45) is 0 Å². The average Bonchev–Trinajstić information content (AvgIpc) is 2.83. The molecule has 0 amide bonds. The van der Waals surface area contributed by atoms with Gasteiger partial charge in [-0.05, 0) is 48.8 Å². The fraction of sp³-hybridized carbons (Fsp3) is 0.273. The van der Waals surface area contributed by atoms with Gasteiger partial charge in [-0.3, -0.25) is 4.79 Å². The van der Waals surface area contributed by atoms with Crippen LogP contribution in [0.1, 0.15) is 37.7 Å². The maximum absolute atomic E-state index is 12.9. The minimum atomic E-state index is -0.578. The predicted octanol–water partition coefficient (Wildman–Crippen LogP) is 5.05. The van der Waals surface area contributed by atoms with Gasteiger partial charge in [0.15, 0.2) is 5.78 Å². The summed E-state index contributed by atoms with van der Waals surface area (Å²) in [7, 11) is 0. The van der Waals surface area contributed by atoms with Crippen molar-refractivity contribution in [2.45, 2.75) is 32.1 Å².